The molecule has 2 heterocycles. The summed E-state index contributed by atoms with van der Waals surface area (Å²) in [6, 6.07) is 0.192. The van der Waals surface area contributed by atoms with E-state index in [1.54, 1.807) is 11.3 Å². The molecule has 6 heteroatoms. The fourth-order valence-electron chi connectivity index (χ4n) is 2.11. The van der Waals surface area contributed by atoms with Crippen molar-refractivity contribution in [1.82, 2.24) is 15.0 Å². The number of nitrogens with one attached hydrogen (secondary N) is 2. The third-order valence-corrected chi connectivity index (χ3v) is 4.21. The second-order valence-corrected chi connectivity index (χ2v) is 5.75. The summed E-state index contributed by atoms with van der Waals surface area (Å²) in [6.45, 7) is 9.20. The molecule has 0 aliphatic carbocycles. The summed E-state index contributed by atoms with van der Waals surface area (Å²) >= 11 is 1.67. The van der Waals surface area contributed by atoms with Crippen LogP contribution in [0.5, 0.6) is 0 Å². The van der Waals surface area contributed by atoms with Crippen LogP contribution in [0.2, 0.25) is 0 Å². The molecule has 5 nitrogen and oxygen atoms in total. The molecule has 2 aromatic rings. The van der Waals surface area contributed by atoms with E-state index in [0.29, 0.717) is 0 Å². The smallest absolute Gasteiger partial charge is 0.135 e. The van der Waals surface area contributed by atoms with Crippen LogP contribution in [0.4, 0.5) is 11.6 Å². The van der Waals surface area contributed by atoms with Crippen molar-refractivity contribution in [3.05, 3.63) is 28.0 Å². The second kappa shape index (κ2) is 7.36. The van der Waals surface area contributed by atoms with Crippen molar-refractivity contribution < 1.29 is 0 Å². The van der Waals surface area contributed by atoms with Crippen LogP contribution in [0.25, 0.3) is 0 Å². The molecule has 21 heavy (non-hydrogen) atoms. The first-order valence-electron chi connectivity index (χ1n) is 7.46. The van der Waals surface area contributed by atoms with Crippen LogP contribution in [0.3, 0.4) is 0 Å². The average Bonchev–Trinajstić information content (AvgIpc) is 3.02. The maximum atomic E-state index is 4.65. The Morgan fingerprint density at radius 2 is 1.95 bits per heavy atom. The number of aryl methyl sites for hydroxylation is 1. The Kier molecular flexibility index (Phi) is 5.50. The van der Waals surface area contributed by atoms with Gasteiger partial charge in [0.1, 0.15) is 22.5 Å². The predicted octanol–water partition coefficient (Wildman–Crippen LogP) is 3.80. The van der Waals surface area contributed by atoms with E-state index in [1.165, 1.54) is 0 Å². The van der Waals surface area contributed by atoms with Gasteiger partial charge >= 0.3 is 0 Å². The van der Waals surface area contributed by atoms with Gasteiger partial charge < -0.3 is 10.6 Å². The number of rotatable bonds is 7. The fraction of sp³-hybridized carbons (Fsp3) is 0.533. The van der Waals surface area contributed by atoms with E-state index in [4.69, 9.17) is 0 Å². The molecule has 1 unspecified atom stereocenters. The third kappa shape index (κ3) is 3.69. The van der Waals surface area contributed by atoms with E-state index in [1.807, 2.05) is 18.5 Å². The molecular weight excluding hydrogens is 282 g/mol. The zero-order valence-electron chi connectivity index (χ0n) is 13.1. The van der Waals surface area contributed by atoms with Gasteiger partial charge in [-0.2, -0.15) is 0 Å². The van der Waals surface area contributed by atoms with Gasteiger partial charge in [0, 0.05) is 30.1 Å². The Bertz CT molecular complexity index is 568. The van der Waals surface area contributed by atoms with Crippen molar-refractivity contribution in [1.29, 1.82) is 0 Å². The van der Waals surface area contributed by atoms with Crippen LogP contribution >= 0.6 is 11.3 Å². The van der Waals surface area contributed by atoms with Crippen LogP contribution in [0.1, 0.15) is 49.6 Å². The normalized spacial score (nSPS) is 12.2. The molecule has 0 fully saturated rings. The number of hydrogen-bond donors (Lipinski definition) is 2. The number of anilines is 2. The van der Waals surface area contributed by atoms with Crippen LogP contribution in [-0.4, -0.2) is 21.5 Å². The van der Waals surface area contributed by atoms with Crippen LogP contribution in [0.15, 0.2) is 11.6 Å². The highest BCUT2D eigenvalue weighted by molar-refractivity contribution is 7.09. The lowest BCUT2D eigenvalue weighted by molar-refractivity contribution is 0.733. The van der Waals surface area contributed by atoms with Gasteiger partial charge in [0.25, 0.3) is 0 Å². The summed E-state index contributed by atoms with van der Waals surface area (Å²) in [5.41, 5.74) is 1.06. The first kappa shape index (κ1) is 15.7. The van der Waals surface area contributed by atoms with Crippen LogP contribution in [0, 0.1) is 6.92 Å². The number of hydrogen-bond acceptors (Lipinski definition) is 6. The molecule has 0 radical (unpaired) electrons. The van der Waals surface area contributed by atoms with Crippen molar-refractivity contribution in [3.63, 3.8) is 0 Å². The topological polar surface area (TPSA) is 62.7 Å². The lowest BCUT2D eigenvalue weighted by Crippen LogP contribution is -2.15. The van der Waals surface area contributed by atoms with Crippen LogP contribution in [-0.2, 0) is 6.42 Å². The predicted molar refractivity (Wildman–Crippen MR) is 89.1 cm³/mol. The number of nitrogens with zero attached hydrogens (tertiary/aromatic N) is 3. The lowest BCUT2D eigenvalue weighted by atomic mass is 10.2. The van der Waals surface area contributed by atoms with E-state index < -0.39 is 0 Å². The molecule has 0 aromatic carbocycles. The summed E-state index contributed by atoms with van der Waals surface area (Å²) in [5, 5.41) is 9.95. The average molecular weight is 305 g/mol. The van der Waals surface area contributed by atoms with E-state index >= 15 is 0 Å². The van der Waals surface area contributed by atoms with Crippen molar-refractivity contribution in [3.8, 4) is 0 Å². The van der Waals surface area contributed by atoms with Gasteiger partial charge in [0.05, 0.1) is 6.04 Å². The van der Waals surface area contributed by atoms with E-state index in [2.05, 4.69) is 46.4 Å². The molecule has 0 saturated heterocycles. The minimum absolute atomic E-state index is 0.192. The Hall–Kier alpha value is -1.69. The molecule has 0 aliphatic heterocycles. The van der Waals surface area contributed by atoms with E-state index in [9.17, 15) is 0 Å². The molecule has 2 N–H and O–H groups in total. The summed E-state index contributed by atoms with van der Waals surface area (Å²) in [4.78, 5) is 13.6. The monoisotopic (exact) mass is 305 g/mol. The van der Waals surface area contributed by atoms with Crippen molar-refractivity contribution in [2.45, 2.75) is 46.6 Å². The zero-order chi connectivity index (χ0) is 15.2. The molecule has 0 spiro atoms. The number of thiazole rings is 1. The summed E-state index contributed by atoms with van der Waals surface area (Å²) in [6.07, 6.45) is 3.63. The van der Waals surface area contributed by atoms with Gasteiger partial charge in [0.15, 0.2) is 0 Å². The zero-order valence-corrected chi connectivity index (χ0v) is 13.9. The molecule has 2 rings (SSSR count). The Labute approximate surface area is 130 Å². The highest BCUT2D eigenvalue weighted by atomic mass is 32.1. The van der Waals surface area contributed by atoms with Crippen molar-refractivity contribution in [2.75, 3.05) is 17.2 Å². The first-order valence-corrected chi connectivity index (χ1v) is 8.34. The van der Waals surface area contributed by atoms with E-state index in [0.717, 1.165) is 47.4 Å². The second-order valence-electron chi connectivity index (χ2n) is 4.82. The minimum Gasteiger partial charge on any atom is -0.370 e. The summed E-state index contributed by atoms with van der Waals surface area (Å²) in [5.74, 6) is 2.67. The fourth-order valence-corrected chi connectivity index (χ4v) is 2.88. The van der Waals surface area contributed by atoms with Gasteiger partial charge in [-0.05, 0) is 20.3 Å². The summed E-state index contributed by atoms with van der Waals surface area (Å²) < 4.78 is 0. The third-order valence-electron chi connectivity index (χ3n) is 3.32. The maximum Gasteiger partial charge on any atom is 0.135 e. The molecule has 0 saturated carbocycles. The van der Waals surface area contributed by atoms with Crippen molar-refractivity contribution >= 4 is 23.0 Å². The Morgan fingerprint density at radius 1 is 1.19 bits per heavy atom. The van der Waals surface area contributed by atoms with E-state index in [-0.39, 0.29) is 6.04 Å². The molecular formula is C15H23N5S. The first-order chi connectivity index (χ1) is 10.2. The maximum absolute atomic E-state index is 4.65. The molecule has 0 aliphatic rings. The quantitative estimate of drug-likeness (QED) is 0.814. The lowest BCUT2D eigenvalue weighted by Gasteiger charge is -2.19. The van der Waals surface area contributed by atoms with Gasteiger partial charge in [-0.3, -0.25) is 0 Å². The molecule has 2 aromatic heterocycles. The van der Waals surface area contributed by atoms with Crippen LogP contribution < -0.4 is 10.6 Å². The molecule has 1 atom stereocenters. The molecule has 0 amide bonds. The van der Waals surface area contributed by atoms with Gasteiger partial charge in [-0.25, -0.2) is 15.0 Å². The minimum atomic E-state index is 0.192. The standard InChI is InChI=1S/C15H23N5S/c1-5-11(15-17-8-9-21-15)18-14-10(4)13(16-7-3)19-12(6-2)20-14/h8-9,11H,5-7H2,1-4H3,(H2,16,18,19,20). The van der Waals surface area contributed by atoms with Gasteiger partial charge in [-0.15, -0.1) is 11.3 Å². The van der Waals surface area contributed by atoms with Crippen molar-refractivity contribution in [2.24, 2.45) is 0 Å². The Morgan fingerprint density at radius 3 is 2.52 bits per heavy atom. The highest BCUT2D eigenvalue weighted by Gasteiger charge is 2.16. The SMILES string of the molecule is CCNc1nc(CC)nc(NC(CC)c2nccs2)c1C. The highest BCUT2D eigenvalue weighted by Crippen LogP contribution is 2.27. The molecule has 114 valence electrons. The van der Waals surface area contributed by atoms with Gasteiger partial charge in [0.2, 0.25) is 0 Å². The summed E-state index contributed by atoms with van der Waals surface area (Å²) in [7, 11) is 0. The Balaban J connectivity index is 2.31. The number of aromatic nitrogens is 3. The van der Waals surface area contributed by atoms with Gasteiger partial charge in [-0.1, -0.05) is 13.8 Å². The largest absolute Gasteiger partial charge is 0.370 e. The molecule has 0 bridgehead atoms.